The molecular weight excluding hydrogens is 168 g/mol. The molecule has 0 saturated heterocycles. The quantitative estimate of drug-likeness (QED) is 0.475. The first-order chi connectivity index (χ1) is 6.15. The second-order valence-electron chi connectivity index (χ2n) is 3.95. The Labute approximate surface area is 77.4 Å². The van der Waals surface area contributed by atoms with Gasteiger partial charge in [-0.25, -0.2) is 0 Å². The van der Waals surface area contributed by atoms with Crippen molar-refractivity contribution < 1.29 is 14.3 Å². The van der Waals surface area contributed by atoms with Crippen LogP contribution in [0.1, 0.15) is 26.7 Å². The van der Waals surface area contributed by atoms with Crippen LogP contribution in [0.15, 0.2) is 0 Å². The van der Waals surface area contributed by atoms with Crippen molar-refractivity contribution >= 4 is 11.8 Å². The van der Waals surface area contributed by atoms with E-state index >= 15 is 0 Å². The maximum absolute atomic E-state index is 11.6. The summed E-state index contributed by atoms with van der Waals surface area (Å²) in [5.74, 6) is 0.310. The molecule has 2 saturated carbocycles. The van der Waals surface area contributed by atoms with Crippen molar-refractivity contribution in [1.29, 1.82) is 0 Å². The van der Waals surface area contributed by atoms with E-state index in [-0.39, 0.29) is 23.6 Å². The lowest BCUT2D eigenvalue weighted by molar-refractivity contribution is -0.153. The lowest BCUT2D eigenvalue weighted by Gasteiger charge is -2.10. The number of ether oxygens (including phenoxy) is 1. The van der Waals surface area contributed by atoms with Gasteiger partial charge in [0.15, 0.2) is 5.78 Å². The van der Waals surface area contributed by atoms with Crippen LogP contribution in [-0.2, 0) is 14.3 Å². The van der Waals surface area contributed by atoms with Crippen LogP contribution >= 0.6 is 0 Å². The van der Waals surface area contributed by atoms with Crippen LogP contribution in [0.3, 0.4) is 0 Å². The van der Waals surface area contributed by atoms with Crippen LogP contribution < -0.4 is 0 Å². The van der Waals surface area contributed by atoms with E-state index in [0.29, 0.717) is 13.0 Å². The predicted octanol–water partition coefficient (Wildman–Crippen LogP) is 1.16. The fourth-order valence-corrected chi connectivity index (χ4v) is 2.78. The molecule has 2 aliphatic rings. The van der Waals surface area contributed by atoms with Crippen molar-refractivity contribution in [2.75, 3.05) is 6.61 Å². The Balaban J connectivity index is 2.20. The number of ketones is 1. The predicted molar refractivity (Wildman–Crippen MR) is 46.0 cm³/mol. The number of fused-ring (bicyclic) bond motifs is 1. The van der Waals surface area contributed by atoms with Crippen molar-refractivity contribution in [2.45, 2.75) is 26.7 Å². The van der Waals surface area contributed by atoms with Crippen LogP contribution in [0.4, 0.5) is 0 Å². The fourth-order valence-electron chi connectivity index (χ4n) is 2.78. The summed E-state index contributed by atoms with van der Waals surface area (Å²) >= 11 is 0. The second-order valence-corrected chi connectivity index (χ2v) is 3.95. The van der Waals surface area contributed by atoms with E-state index < -0.39 is 5.41 Å². The molecule has 0 radical (unpaired) electrons. The molecule has 3 nitrogen and oxygen atoms in total. The van der Waals surface area contributed by atoms with Crippen molar-refractivity contribution in [3.63, 3.8) is 0 Å². The van der Waals surface area contributed by atoms with E-state index in [1.54, 1.807) is 6.92 Å². The van der Waals surface area contributed by atoms with Gasteiger partial charge in [-0.05, 0) is 25.2 Å². The van der Waals surface area contributed by atoms with E-state index in [9.17, 15) is 9.59 Å². The molecule has 0 aromatic rings. The fraction of sp³-hybridized carbons (Fsp3) is 0.800. The van der Waals surface area contributed by atoms with Gasteiger partial charge in [0.1, 0.15) is 5.41 Å². The standard InChI is InChI=1S/C10H14O3/c1-3-13-9(12)10-6(2)7(10)4-5-8(10)11/h6-7H,3-5H2,1-2H3. The topological polar surface area (TPSA) is 43.4 Å². The second kappa shape index (κ2) is 2.56. The molecule has 0 aromatic carbocycles. The van der Waals surface area contributed by atoms with E-state index in [1.807, 2.05) is 6.92 Å². The van der Waals surface area contributed by atoms with Crippen LogP contribution in [0.2, 0.25) is 0 Å². The molecule has 0 aliphatic heterocycles. The van der Waals surface area contributed by atoms with Gasteiger partial charge < -0.3 is 4.74 Å². The minimum atomic E-state index is -0.712. The van der Waals surface area contributed by atoms with Crippen LogP contribution in [0.5, 0.6) is 0 Å². The third-order valence-corrected chi connectivity index (χ3v) is 3.55. The van der Waals surface area contributed by atoms with Crippen molar-refractivity contribution in [2.24, 2.45) is 17.3 Å². The Hall–Kier alpha value is -0.860. The van der Waals surface area contributed by atoms with Gasteiger partial charge in [-0.2, -0.15) is 0 Å². The lowest BCUT2D eigenvalue weighted by atomic mass is 9.99. The summed E-state index contributed by atoms with van der Waals surface area (Å²) in [5, 5.41) is 0. The summed E-state index contributed by atoms with van der Waals surface area (Å²) in [5.41, 5.74) is -0.712. The zero-order valence-electron chi connectivity index (χ0n) is 8.00. The maximum atomic E-state index is 11.6. The van der Waals surface area contributed by atoms with Crippen molar-refractivity contribution in [1.82, 2.24) is 0 Å². The summed E-state index contributed by atoms with van der Waals surface area (Å²) in [4.78, 5) is 23.2. The molecule has 3 unspecified atom stereocenters. The van der Waals surface area contributed by atoms with Gasteiger partial charge in [-0.3, -0.25) is 9.59 Å². The molecule has 0 N–H and O–H groups in total. The molecule has 0 bridgehead atoms. The average molecular weight is 182 g/mol. The number of hydrogen-bond donors (Lipinski definition) is 0. The molecular formula is C10H14O3. The Morgan fingerprint density at radius 1 is 1.69 bits per heavy atom. The summed E-state index contributed by atoms with van der Waals surface area (Å²) in [6, 6.07) is 0. The number of esters is 1. The van der Waals surface area contributed by atoms with Gasteiger partial charge in [-0.15, -0.1) is 0 Å². The van der Waals surface area contributed by atoms with Gasteiger partial charge in [0.2, 0.25) is 0 Å². The first-order valence-electron chi connectivity index (χ1n) is 4.86. The number of carbonyl (C=O) groups excluding carboxylic acids is 2. The summed E-state index contributed by atoms with van der Waals surface area (Å²) in [6.07, 6.45) is 1.44. The lowest BCUT2D eigenvalue weighted by Crippen LogP contribution is -2.28. The smallest absolute Gasteiger partial charge is 0.320 e. The Bertz CT molecular complexity index is 271. The van der Waals surface area contributed by atoms with Crippen LogP contribution in [0.25, 0.3) is 0 Å². The summed E-state index contributed by atoms with van der Waals surface area (Å²) < 4.78 is 4.95. The molecule has 13 heavy (non-hydrogen) atoms. The number of Topliss-reactive ketones (excluding diaryl/α,β-unsaturated/α-hetero) is 1. The zero-order chi connectivity index (χ0) is 9.64. The number of hydrogen-bond acceptors (Lipinski definition) is 3. The van der Waals surface area contributed by atoms with Crippen LogP contribution in [-0.4, -0.2) is 18.4 Å². The average Bonchev–Trinajstić information content (AvgIpc) is 2.50. The third-order valence-electron chi connectivity index (χ3n) is 3.55. The minimum Gasteiger partial charge on any atom is -0.465 e. The molecule has 0 amide bonds. The Kier molecular flexibility index (Phi) is 1.72. The monoisotopic (exact) mass is 182 g/mol. The minimum absolute atomic E-state index is 0.100. The summed E-state index contributed by atoms with van der Waals surface area (Å²) in [7, 11) is 0. The number of carbonyl (C=O) groups is 2. The molecule has 0 aromatic heterocycles. The van der Waals surface area contributed by atoms with Gasteiger partial charge in [0.05, 0.1) is 6.61 Å². The highest BCUT2D eigenvalue weighted by Crippen LogP contribution is 2.66. The van der Waals surface area contributed by atoms with E-state index in [4.69, 9.17) is 4.74 Å². The SMILES string of the molecule is CCOC(=O)C12C(=O)CCC1C2C. The third kappa shape index (κ3) is 0.847. The Morgan fingerprint density at radius 3 is 2.85 bits per heavy atom. The first kappa shape index (κ1) is 8.73. The molecule has 72 valence electrons. The highest BCUT2D eigenvalue weighted by atomic mass is 16.5. The van der Waals surface area contributed by atoms with Gasteiger partial charge >= 0.3 is 5.97 Å². The molecule has 0 spiro atoms. The normalized spacial score (nSPS) is 41.5. The highest BCUT2D eigenvalue weighted by molar-refractivity contribution is 6.09. The van der Waals surface area contributed by atoms with Crippen LogP contribution in [0, 0.1) is 17.3 Å². The largest absolute Gasteiger partial charge is 0.465 e. The van der Waals surface area contributed by atoms with E-state index in [1.165, 1.54) is 0 Å². The molecule has 2 rings (SSSR count). The van der Waals surface area contributed by atoms with Crippen molar-refractivity contribution in [3.05, 3.63) is 0 Å². The molecule has 2 aliphatic carbocycles. The van der Waals surface area contributed by atoms with Gasteiger partial charge in [0.25, 0.3) is 0 Å². The van der Waals surface area contributed by atoms with Gasteiger partial charge in [0, 0.05) is 6.42 Å². The molecule has 2 fully saturated rings. The summed E-state index contributed by atoms with van der Waals surface area (Å²) in [6.45, 7) is 4.11. The molecule has 0 heterocycles. The zero-order valence-corrected chi connectivity index (χ0v) is 8.00. The Morgan fingerprint density at radius 2 is 2.38 bits per heavy atom. The van der Waals surface area contributed by atoms with E-state index in [2.05, 4.69) is 0 Å². The first-order valence-corrected chi connectivity index (χ1v) is 4.86. The number of rotatable bonds is 2. The van der Waals surface area contributed by atoms with Crippen molar-refractivity contribution in [3.8, 4) is 0 Å². The maximum Gasteiger partial charge on any atom is 0.320 e. The highest BCUT2D eigenvalue weighted by Gasteiger charge is 2.75. The van der Waals surface area contributed by atoms with E-state index in [0.717, 1.165) is 6.42 Å². The molecule has 3 atom stereocenters. The van der Waals surface area contributed by atoms with Gasteiger partial charge in [-0.1, -0.05) is 6.92 Å². The molecule has 3 heteroatoms.